The summed E-state index contributed by atoms with van der Waals surface area (Å²) in [6.45, 7) is 2.62. The summed E-state index contributed by atoms with van der Waals surface area (Å²) in [7, 11) is 2.82. The molecule has 21 heavy (non-hydrogen) atoms. The van der Waals surface area contributed by atoms with Gasteiger partial charge < -0.3 is 14.2 Å². The Morgan fingerprint density at radius 2 is 2.14 bits per heavy atom. The van der Waals surface area contributed by atoms with Crippen LogP contribution in [0.4, 0.5) is 5.69 Å². The van der Waals surface area contributed by atoms with E-state index in [1.165, 1.54) is 24.3 Å². The number of nitro groups is 1. The number of aryl methyl sites for hydroxylation is 1. The number of rotatable bonds is 7. The Morgan fingerprint density at radius 3 is 2.67 bits per heavy atom. The maximum absolute atomic E-state index is 12.3. The second-order valence-electron chi connectivity index (χ2n) is 4.59. The number of hydrogen-bond donors (Lipinski definition) is 0. The lowest BCUT2D eigenvalue weighted by molar-refractivity contribution is -0.384. The number of esters is 1. The Hall–Kier alpha value is -2.38. The van der Waals surface area contributed by atoms with Gasteiger partial charge in [-0.15, -0.1) is 0 Å². The average molecular weight is 297 g/mol. The molecular weight excluding hydrogens is 278 g/mol. The number of methoxy groups -OCH3 is 1. The van der Waals surface area contributed by atoms with E-state index in [0.717, 1.165) is 6.42 Å². The molecule has 116 valence electrons. The fourth-order valence-electron chi connectivity index (χ4n) is 1.86. The largest absolute Gasteiger partial charge is 0.469 e. The van der Waals surface area contributed by atoms with Crippen molar-refractivity contribution < 1.29 is 19.2 Å². The third kappa shape index (κ3) is 4.30. The van der Waals surface area contributed by atoms with Crippen molar-refractivity contribution in [1.29, 1.82) is 0 Å². The molecule has 0 spiro atoms. The van der Waals surface area contributed by atoms with E-state index in [0.29, 0.717) is 6.54 Å². The summed E-state index contributed by atoms with van der Waals surface area (Å²) in [5, 5.41) is 10.8. The Bertz CT molecular complexity index is 538. The molecule has 1 rings (SSSR count). The van der Waals surface area contributed by atoms with E-state index in [1.807, 2.05) is 6.92 Å². The van der Waals surface area contributed by atoms with Gasteiger partial charge in [-0.3, -0.25) is 19.7 Å². The first-order valence-corrected chi connectivity index (χ1v) is 6.57. The standard InChI is InChI=1S/C13H19N3O5/c1-4-6-15-9-10(16(19)20)8-11(15)13(18)14(2)7-5-12(17)21-3/h8-9H,4-7H2,1-3H3. The van der Waals surface area contributed by atoms with Gasteiger partial charge in [-0.05, 0) is 6.42 Å². The lowest BCUT2D eigenvalue weighted by atomic mass is 10.3. The first kappa shape index (κ1) is 16.7. The van der Waals surface area contributed by atoms with E-state index in [9.17, 15) is 19.7 Å². The molecule has 1 heterocycles. The highest BCUT2D eigenvalue weighted by Crippen LogP contribution is 2.18. The van der Waals surface area contributed by atoms with Crippen LogP contribution in [0.25, 0.3) is 0 Å². The molecule has 0 aliphatic heterocycles. The van der Waals surface area contributed by atoms with E-state index >= 15 is 0 Å². The van der Waals surface area contributed by atoms with Gasteiger partial charge in [-0.2, -0.15) is 0 Å². The van der Waals surface area contributed by atoms with Crippen LogP contribution in [0.5, 0.6) is 0 Å². The zero-order chi connectivity index (χ0) is 16.0. The molecule has 0 aliphatic carbocycles. The molecule has 0 N–H and O–H groups in total. The van der Waals surface area contributed by atoms with Crippen molar-refractivity contribution in [2.45, 2.75) is 26.3 Å². The molecule has 0 radical (unpaired) electrons. The van der Waals surface area contributed by atoms with Crippen molar-refractivity contribution >= 4 is 17.6 Å². The Morgan fingerprint density at radius 1 is 1.48 bits per heavy atom. The summed E-state index contributed by atoms with van der Waals surface area (Å²) in [6, 6.07) is 1.26. The molecule has 0 saturated carbocycles. The van der Waals surface area contributed by atoms with E-state index in [1.54, 1.807) is 11.6 Å². The van der Waals surface area contributed by atoms with Gasteiger partial charge in [0.05, 0.1) is 24.7 Å². The highest BCUT2D eigenvalue weighted by molar-refractivity contribution is 5.93. The molecule has 0 atom stereocenters. The Kier molecular flexibility index (Phi) is 5.89. The predicted molar refractivity (Wildman–Crippen MR) is 75.0 cm³/mol. The summed E-state index contributed by atoms with van der Waals surface area (Å²) >= 11 is 0. The van der Waals surface area contributed by atoms with Crippen LogP contribution in [-0.2, 0) is 16.1 Å². The highest BCUT2D eigenvalue weighted by Gasteiger charge is 2.22. The second-order valence-corrected chi connectivity index (χ2v) is 4.59. The molecule has 0 aliphatic rings. The number of nitrogens with zero attached hydrogens (tertiary/aromatic N) is 3. The van der Waals surface area contributed by atoms with Gasteiger partial charge in [0, 0.05) is 26.2 Å². The molecular formula is C13H19N3O5. The summed E-state index contributed by atoms with van der Waals surface area (Å²) in [4.78, 5) is 35.0. The fourth-order valence-corrected chi connectivity index (χ4v) is 1.86. The molecule has 0 fully saturated rings. The van der Waals surface area contributed by atoms with Crippen molar-refractivity contribution in [1.82, 2.24) is 9.47 Å². The van der Waals surface area contributed by atoms with Gasteiger partial charge >= 0.3 is 5.97 Å². The van der Waals surface area contributed by atoms with Gasteiger partial charge in [0.1, 0.15) is 5.69 Å². The van der Waals surface area contributed by atoms with E-state index in [4.69, 9.17) is 0 Å². The van der Waals surface area contributed by atoms with E-state index in [-0.39, 0.29) is 30.3 Å². The van der Waals surface area contributed by atoms with Crippen LogP contribution in [0.3, 0.4) is 0 Å². The average Bonchev–Trinajstić information content (AvgIpc) is 2.88. The highest BCUT2D eigenvalue weighted by atomic mass is 16.6. The summed E-state index contributed by atoms with van der Waals surface area (Å²) < 4.78 is 6.08. The number of aromatic nitrogens is 1. The third-order valence-corrected chi connectivity index (χ3v) is 3.00. The van der Waals surface area contributed by atoms with Crippen LogP contribution < -0.4 is 0 Å². The molecule has 8 heteroatoms. The summed E-state index contributed by atoms with van der Waals surface area (Å²) in [5.74, 6) is -0.773. The lowest BCUT2D eigenvalue weighted by Gasteiger charge is -2.17. The normalized spacial score (nSPS) is 10.2. The molecule has 0 saturated heterocycles. The minimum atomic E-state index is -0.530. The Balaban J connectivity index is 2.89. The van der Waals surface area contributed by atoms with Gasteiger partial charge in [-0.25, -0.2) is 0 Å². The van der Waals surface area contributed by atoms with Gasteiger partial charge in [0.15, 0.2) is 0 Å². The SMILES string of the molecule is CCCn1cc([N+](=O)[O-])cc1C(=O)N(C)CCC(=O)OC. The molecule has 1 amide bonds. The smallest absolute Gasteiger partial charge is 0.307 e. The number of ether oxygens (including phenoxy) is 1. The summed E-state index contributed by atoms with van der Waals surface area (Å²) in [5.41, 5.74) is 0.129. The zero-order valence-corrected chi connectivity index (χ0v) is 12.4. The quantitative estimate of drug-likeness (QED) is 0.431. The van der Waals surface area contributed by atoms with E-state index < -0.39 is 10.9 Å². The predicted octanol–water partition coefficient (Wildman–Crippen LogP) is 1.44. The van der Waals surface area contributed by atoms with Crippen LogP contribution in [0.1, 0.15) is 30.3 Å². The Labute approximate surface area is 122 Å². The van der Waals surface area contributed by atoms with Crippen LogP contribution in [0.2, 0.25) is 0 Å². The van der Waals surface area contributed by atoms with E-state index in [2.05, 4.69) is 4.74 Å². The van der Waals surface area contributed by atoms with Crippen molar-refractivity contribution in [3.8, 4) is 0 Å². The first-order chi connectivity index (χ1) is 9.90. The van der Waals surface area contributed by atoms with Crippen LogP contribution >= 0.6 is 0 Å². The van der Waals surface area contributed by atoms with Crippen LogP contribution in [0.15, 0.2) is 12.3 Å². The van der Waals surface area contributed by atoms with Crippen molar-refractivity contribution in [3.05, 3.63) is 28.1 Å². The molecule has 8 nitrogen and oxygen atoms in total. The van der Waals surface area contributed by atoms with Crippen molar-refractivity contribution in [2.75, 3.05) is 20.7 Å². The van der Waals surface area contributed by atoms with Gasteiger partial charge in [-0.1, -0.05) is 6.92 Å². The molecule has 1 aromatic heterocycles. The fraction of sp³-hybridized carbons (Fsp3) is 0.538. The monoisotopic (exact) mass is 297 g/mol. The minimum absolute atomic E-state index is 0.0787. The van der Waals surface area contributed by atoms with Crippen LogP contribution in [-0.4, -0.2) is 47.0 Å². The maximum Gasteiger partial charge on any atom is 0.307 e. The van der Waals surface area contributed by atoms with Crippen molar-refractivity contribution in [2.24, 2.45) is 0 Å². The van der Waals surface area contributed by atoms with Gasteiger partial charge in [0.2, 0.25) is 0 Å². The second kappa shape index (κ2) is 7.41. The van der Waals surface area contributed by atoms with Crippen molar-refractivity contribution in [3.63, 3.8) is 0 Å². The zero-order valence-electron chi connectivity index (χ0n) is 12.4. The molecule has 0 bridgehead atoms. The molecule has 1 aromatic rings. The first-order valence-electron chi connectivity index (χ1n) is 6.57. The van der Waals surface area contributed by atoms with Gasteiger partial charge in [0.25, 0.3) is 11.6 Å². The lowest BCUT2D eigenvalue weighted by Crippen LogP contribution is -2.30. The summed E-state index contributed by atoms with van der Waals surface area (Å²) in [6.07, 6.45) is 2.18. The minimum Gasteiger partial charge on any atom is -0.469 e. The molecule has 0 aromatic carbocycles. The molecule has 0 unspecified atom stereocenters. The number of carbonyl (C=O) groups excluding carboxylic acids is 2. The number of hydrogen-bond acceptors (Lipinski definition) is 5. The third-order valence-electron chi connectivity index (χ3n) is 3.00. The number of amides is 1. The topological polar surface area (TPSA) is 94.7 Å². The maximum atomic E-state index is 12.3. The van der Waals surface area contributed by atoms with Crippen LogP contribution in [0, 0.1) is 10.1 Å². The number of carbonyl (C=O) groups is 2.